The van der Waals surface area contributed by atoms with Gasteiger partial charge < -0.3 is 15.4 Å². The van der Waals surface area contributed by atoms with Crippen LogP contribution in [0, 0.1) is 30.4 Å². The molecule has 0 saturated carbocycles. The van der Waals surface area contributed by atoms with Crippen LogP contribution >= 0.6 is 0 Å². The molecule has 3 N–H and O–H groups in total. The van der Waals surface area contributed by atoms with Crippen LogP contribution in [-0.4, -0.2) is 26.0 Å². The summed E-state index contributed by atoms with van der Waals surface area (Å²) < 4.78 is 27.6. The Morgan fingerprint density at radius 1 is 0.973 bits per heavy atom. The first-order chi connectivity index (χ1) is 17.9. The highest BCUT2D eigenvalue weighted by atomic mass is 19.1. The number of H-pyrrole nitrogens is 1. The highest BCUT2D eigenvalue weighted by Gasteiger charge is 2.24. The van der Waals surface area contributed by atoms with Crippen molar-refractivity contribution in [3.05, 3.63) is 125 Å². The molecule has 5 aromatic rings. The molecule has 0 aliphatic carbocycles. The van der Waals surface area contributed by atoms with Crippen LogP contribution in [0.1, 0.15) is 44.6 Å². The van der Waals surface area contributed by atoms with Gasteiger partial charge in [0, 0.05) is 39.8 Å². The number of carbonyl (C=O) groups is 1. The molecule has 1 unspecified atom stereocenters. The molecular weight excluding hydrogens is 474 g/mol. The van der Waals surface area contributed by atoms with Crippen molar-refractivity contribution in [2.75, 3.05) is 0 Å². The van der Waals surface area contributed by atoms with Gasteiger partial charge in [0.05, 0.1) is 12.2 Å². The number of amides is 1. The first-order valence-electron chi connectivity index (χ1n) is 11.3. The van der Waals surface area contributed by atoms with E-state index in [1.165, 1.54) is 30.5 Å². The Labute approximate surface area is 211 Å². The Hall–Kier alpha value is -5.03. The number of nitrogens with zero attached hydrogens (tertiary/aromatic N) is 2. The number of fused-ring (bicyclic) bond motifs is 1. The number of nitrogens with one attached hydrogen (secondary N) is 2. The van der Waals surface area contributed by atoms with E-state index in [2.05, 4.69) is 32.1 Å². The van der Waals surface area contributed by atoms with E-state index in [4.69, 9.17) is 0 Å². The van der Waals surface area contributed by atoms with Gasteiger partial charge in [-0.05, 0) is 60.8 Å². The van der Waals surface area contributed by atoms with E-state index in [1.54, 1.807) is 13.0 Å². The third kappa shape index (κ3) is 5.31. The minimum atomic E-state index is -0.897. The highest BCUT2D eigenvalue weighted by molar-refractivity contribution is 5.93. The molecule has 3 aromatic heterocycles. The van der Waals surface area contributed by atoms with Crippen molar-refractivity contribution < 1.29 is 18.7 Å². The van der Waals surface area contributed by atoms with Crippen molar-refractivity contribution in [1.29, 1.82) is 0 Å². The number of hydrogen-bond donors (Lipinski definition) is 3. The van der Waals surface area contributed by atoms with Crippen molar-refractivity contribution in [3.63, 3.8) is 0 Å². The van der Waals surface area contributed by atoms with Gasteiger partial charge in [0.1, 0.15) is 23.1 Å². The average Bonchev–Trinajstić information content (AvgIpc) is 3.31. The number of hydrogen-bond acceptors (Lipinski definition) is 4. The maximum absolute atomic E-state index is 14.2. The predicted octanol–water partition coefficient (Wildman–Crippen LogP) is 5.17. The first kappa shape index (κ1) is 23.7. The molecule has 8 heteroatoms. The molecule has 0 aliphatic heterocycles. The second kappa shape index (κ2) is 9.91. The molecular formula is C29H20F2N4O2. The van der Waals surface area contributed by atoms with Gasteiger partial charge in [0.25, 0.3) is 5.91 Å². The lowest BCUT2D eigenvalue weighted by Crippen LogP contribution is -2.30. The van der Waals surface area contributed by atoms with Crippen LogP contribution in [0.4, 0.5) is 8.78 Å². The molecule has 6 nitrogen and oxygen atoms in total. The van der Waals surface area contributed by atoms with Crippen molar-refractivity contribution >= 4 is 16.8 Å². The monoisotopic (exact) mass is 494 g/mol. The molecule has 182 valence electrons. The van der Waals surface area contributed by atoms with Gasteiger partial charge in [0.15, 0.2) is 0 Å². The molecule has 3 heterocycles. The Morgan fingerprint density at radius 2 is 1.78 bits per heavy atom. The SMILES string of the molecule is Cc1cc(C#Cc2cncc(F)c2)cc(C(=O)NC(c2cc3ccccc3[nH]2)c2cc(F)ccc2O)n1. The third-order valence-corrected chi connectivity index (χ3v) is 5.68. The molecule has 0 saturated heterocycles. The summed E-state index contributed by atoms with van der Waals surface area (Å²) in [7, 11) is 0. The number of rotatable bonds is 4. The zero-order chi connectivity index (χ0) is 25.9. The maximum atomic E-state index is 14.2. The lowest BCUT2D eigenvalue weighted by atomic mass is 10.0. The maximum Gasteiger partial charge on any atom is 0.270 e. The van der Waals surface area contributed by atoms with Gasteiger partial charge in [-0.25, -0.2) is 13.8 Å². The number of pyridine rings is 2. The molecule has 0 fully saturated rings. The zero-order valence-electron chi connectivity index (χ0n) is 19.6. The molecule has 0 aliphatic rings. The molecule has 0 spiro atoms. The number of para-hydroxylation sites is 1. The summed E-state index contributed by atoms with van der Waals surface area (Å²) >= 11 is 0. The minimum absolute atomic E-state index is 0.0821. The number of aryl methyl sites for hydroxylation is 1. The number of aromatic nitrogens is 3. The highest BCUT2D eigenvalue weighted by Crippen LogP contribution is 2.31. The van der Waals surface area contributed by atoms with Crippen LogP contribution in [0.2, 0.25) is 0 Å². The number of phenolic OH excluding ortho intramolecular Hbond substituents is 1. The van der Waals surface area contributed by atoms with Crippen molar-refractivity contribution in [1.82, 2.24) is 20.3 Å². The normalized spacial score (nSPS) is 11.5. The summed E-state index contributed by atoms with van der Waals surface area (Å²) in [6.45, 7) is 1.72. The van der Waals surface area contributed by atoms with Crippen LogP contribution in [0.3, 0.4) is 0 Å². The number of aromatic hydroxyl groups is 1. The number of carbonyl (C=O) groups excluding carboxylic acids is 1. The zero-order valence-corrected chi connectivity index (χ0v) is 19.6. The number of halogens is 2. The van der Waals surface area contributed by atoms with Crippen LogP contribution in [0.25, 0.3) is 10.9 Å². The smallest absolute Gasteiger partial charge is 0.270 e. The number of benzene rings is 2. The van der Waals surface area contributed by atoms with Crippen molar-refractivity contribution in [2.45, 2.75) is 13.0 Å². The largest absolute Gasteiger partial charge is 0.508 e. The van der Waals surface area contributed by atoms with Crippen LogP contribution in [-0.2, 0) is 0 Å². The number of aromatic amines is 1. The molecule has 37 heavy (non-hydrogen) atoms. The molecule has 5 rings (SSSR count). The van der Waals surface area contributed by atoms with Gasteiger partial charge >= 0.3 is 0 Å². The van der Waals surface area contributed by atoms with E-state index >= 15 is 0 Å². The predicted molar refractivity (Wildman–Crippen MR) is 135 cm³/mol. The molecule has 0 radical (unpaired) electrons. The van der Waals surface area contributed by atoms with Gasteiger partial charge in [-0.1, -0.05) is 30.0 Å². The second-order valence-electron chi connectivity index (χ2n) is 8.45. The summed E-state index contributed by atoms with van der Waals surface area (Å²) in [6, 6.07) is 16.5. The second-order valence-corrected chi connectivity index (χ2v) is 8.45. The Bertz CT molecular complexity index is 1670. The molecule has 1 atom stereocenters. The fourth-order valence-electron chi connectivity index (χ4n) is 4.02. The van der Waals surface area contributed by atoms with Gasteiger partial charge in [-0.2, -0.15) is 0 Å². The first-order valence-corrected chi connectivity index (χ1v) is 11.3. The summed E-state index contributed by atoms with van der Waals surface area (Å²) in [5.74, 6) is 3.96. The average molecular weight is 495 g/mol. The fourth-order valence-corrected chi connectivity index (χ4v) is 4.02. The lowest BCUT2D eigenvalue weighted by molar-refractivity contribution is 0.0936. The fraction of sp³-hybridized carbons (Fsp3) is 0.0690. The molecule has 0 bridgehead atoms. The quantitative estimate of drug-likeness (QED) is 0.301. The summed E-state index contributed by atoms with van der Waals surface area (Å²) in [6.07, 6.45) is 2.53. The van der Waals surface area contributed by atoms with E-state index in [1.807, 2.05) is 30.3 Å². The number of phenols is 1. The van der Waals surface area contributed by atoms with E-state index < -0.39 is 23.6 Å². The van der Waals surface area contributed by atoms with Crippen molar-refractivity contribution in [2.24, 2.45) is 0 Å². The van der Waals surface area contributed by atoms with E-state index in [9.17, 15) is 18.7 Å². The minimum Gasteiger partial charge on any atom is -0.508 e. The van der Waals surface area contributed by atoms with Crippen molar-refractivity contribution in [3.8, 4) is 17.6 Å². The summed E-state index contributed by atoms with van der Waals surface area (Å²) in [4.78, 5) is 24.7. The van der Waals surface area contributed by atoms with Gasteiger partial charge in [-0.15, -0.1) is 0 Å². The summed E-state index contributed by atoms with van der Waals surface area (Å²) in [5, 5.41) is 14.3. The Morgan fingerprint density at radius 3 is 2.59 bits per heavy atom. The Kier molecular flexibility index (Phi) is 6.35. The molecule has 2 aromatic carbocycles. The third-order valence-electron chi connectivity index (χ3n) is 5.68. The van der Waals surface area contributed by atoms with E-state index in [-0.39, 0.29) is 17.0 Å². The Balaban J connectivity index is 1.51. The van der Waals surface area contributed by atoms with E-state index in [0.717, 1.165) is 23.2 Å². The lowest BCUT2D eigenvalue weighted by Gasteiger charge is -2.19. The van der Waals surface area contributed by atoms with Crippen LogP contribution < -0.4 is 5.32 Å². The topological polar surface area (TPSA) is 90.9 Å². The standard InChI is InChI=1S/C29H20F2N4O2/c1-17-10-18(6-7-19-11-22(31)16-32-15-19)12-26(33-17)29(37)35-28(23-14-21(30)8-9-27(23)36)25-13-20-4-2-3-5-24(20)34-25/h2-5,8-16,28,34,36H,1H3,(H,35,37). The van der Waals surface area contributed by atoms with Gasteiger partial charge in [0.2, 0.25) is 0 Å². The van der Waals surface area contributed by atoms with Crippen LogP contribution in [0.15, 0.2) is 79.1 Å². The molecule has 1 amide bonds. The summed E-state index contributed by atoms with van der Waals surface area (Å²) in [5.41, 5.74) is 3.08. The van der Waals surface area contributed by atoms with E-state index in [0.29, 0.717) is 22.5 Å². The van der Waals surface area contributed by atoms with Crippen LogP contribution in [0.5, 0.6) is 5.75 Å². The van der Waals surface area contributed by atoms with Gasteiger partial charge in [-0.3, -0.25) is 9.78 Å².